The van der Waals surface area contributed by atoms with Crippen molar-refractivity contribution >= 4 is 23.3 Å². The van der Waals surface area contributed by atoms with Gasteiger partial charge in [0.25, 0.3) is 0 Å². The van der Waals surface area contributed by atoms with E-state index < -0.39 is 0 Å². The van der Waals surface area contributed by atoms with E-state index in [-0.39, 0.29) is 18.1 Å². The number of aromatic nitrogens is 1. The van der Waals surface area contributed by atoms with Crippen LogP contribution in [0, 0.1) is 13.8 Å². The van der Waals surface area contributed by atoms with Crippen LogP contribution in [0.2, 0.25) is 5.02 Å². The van der Waals surface area contributed by atoms with Crippen LogP contribution in [0.15, 0.2) is 28.8 Å². The number of hydrogen-bond acceptors (Lipinski definition) is 3. The molecular weight excluding hydrogens is 314 g/mol. The number of urea groups is 1. The fourth-order valence-electron chi connectivity index (χ4n) is 2.75. The summed E-state index contributed by atoms with van der Waals surface area (Å²) in [6.07, 6.45) is 2.07. The van der Waals surface area contributed by atoms with E-state index in [1.165, 1.54) is 0 Å². The topological polar surface area (TPSA) is 58.4 Å². The van der Waals surface area contributed by atoms with Crippen molar-refractivity contribution in [1.82, 2.24) is 10.1 Å². The van der Waals surface area contributed by atoms with Crippen molar-refractivity contribution in [2.75, 3.05) is 5.32 Å². The molecule has 1 atom stereocenters. The zero-order chi connectivity index (χ0) is 16.6. The third-order valence-electron chi connectivity index (χ3n) is 4.21. The number of nitrogens with one attached hydrogen (secondary N) is 1. The van der Waals surface area contributed by atoms with E-state index in [1.54, 1.807) is 6.92 Å². The molecule has 1 N–H and O–H groups in total. The van der Waals surface area contributed by atoms with Gasteiger partial charge >= 0.3 is 6.03 Å². The minimum atomic E-state index is -0.121. The molecule has 2 aromatic rings. The Balaban J connectivity index is 1.81. The number of aryl methyl sites for hydroxylation is 2. The first-order valence-electron chi connectivity index (χ1n) is 7.75. The summed E-state index contributed by atoms with van der Waals surface area (Å²) in [6.45, 7) is 5.64. The Morgan fingerprint density at radius 1 is 1.35 bits per heavy atom. The fraction of sp³-hybridized carbons (Fsp3) is 0.412. The smallest absolute Gasteiger partial charge is 0.322 e. The summed E-state index contributed by atoms with van der Waals surface area (Å²) in [5.74, 6) is 0.616. The lowest BCUT2D eigenvalue weighted by Gasteiger charge is -2.30. The molecule has 1 fully saturated rings. The van der Waals surface area contributed by atoms with Crippen molar-refractivity contribution < 1.29 is 9.32 Å². The minimum absolute atomic E-state index is 0.0276. The Morgan fingerprint density at radius 3 is 2.52 bits per heavy atom. The molecule has 0 aliphatic heterocycles. The molecule has 1 aliphatic rings. The predicted octanol–water partition coefficient (Wildman–Crippen LogP) is 4.70. The Bertz CT molecular complexity index is 688. The number of anilines is 1. The summed E-state index contributed by atoms with van der Waals surface area (Å²) in [5, 5.41) is 7.52. The highest BCUT2D eigenvalue weighted by Gasteiger charge is 2.36. The van der Waals surface area contributed by atoms with E-state index >= 15 is 0 Å². The maximum Gasteiger partial charge on any atom is 0.322 e. The van der Waals surface area contributed by atoms with Crippen molar-refractivity contribution in [1.29, 1.82) is 0 Å². The van der Waals surface area contributed by atoms with Gasteiger partial charge in [0.15, 0.2) is 5.76 Å². The van der Waals surface area contributed by atoms with E-state index in [0.29, 0.717) is 22.2 Å². The quantitative estimate of drug-likeness (QED) is 0.882. The van der Waals surface area contributed by atoms with Gasteiger partial charge in [-0.2, -0.15) is 0 Å². The van der Waals surface area contributed by atoms with Crippen LogP contribution in [0.5, 0.6) is 0 Å². The number of benzene rings is 1. The molecular formula is C17H20ClN3O2. The van der Waals surface area contributed by atoms with Gasteiger partial charge in [0.1, 0.15) is 11.4 Å². The maximum atomic E-state index is 12.8. The molecule has 0 radical (unpaired) electrons. The summed E-state index contributed by atoms with van der Waals surface area (Å²) in [5.41, 5.74) is 2.41. The molecule has 6 heteroatoms. The summed E-state index contributed by atoms with van der Waals surface area (Å²) < 4.78 is 5.11. The largest absolute Gasteiger partial charge is 0.359 e. The second kappa shape index (κ2) is 6.24. The molecule has 0 unspecified atom stereocenters. The van der Waals surface area contributed by atoms with Gasteiger partial charge in [0, 0.05) is 11.1 Å². The predicted molar refractivity (Wildman–Crippen MR) is 89.7 cm³/mol. The van der Waals surface area contributed by atoms with E-state index in [4.69, 9.17) is 16.1 Å². The van der Waals surface area contributed by atoms with Crippen molar-refractivity contribution in [2.45, 2.75) is 45.7 Å². The van der Waals surface area contributed by atoms with Gasteiger partial charge in [0.2, 0.25) is 0 Å². The lowest BCUT2D eigenvalue weighted by atomic mass is 10.1. The summed E-state index contributed by atoms with van der Waals surface area (Å²) in [7, 11) is 0. The van der Waals surface area contributed by atoms with E-state index in [2.05, 4.69) is 10.5 Å². The second-order valence-electron chi connectivity index (χ2n) is 6.00. The molecule has 0 saturated heterocycles. The highest BCUT2D eigenvalue weighted by atomic mass is 35.5. The lowest BCUT2D eigenvalue weighted by Crippen LogP contribution is -2.39. The summed E-state index contributed by atoms with van der Waals surface area (Å²) >= 11 is 5.95. The number of hydrogen-bond donors (Lipinski definition) is 1. The van der Waals surface area contributed by atoms with Gasteiger partial charge in [0.05, 0.1) is 6.04 Å². The zero-order valence-corrected chi connectivity index (χ0v) is 14.2. The molecule has 1 heterocycles. The number of nitrogens with zero attached hydrogens (tertiary/aromatic N) is 2. The standard InChI is InChI=1S/C17H20ClN3O2/c1-10-16(12(3)23-20-10)19-17(22)21(15-8-9-15)11(2)13-4-6-14(18)7-5-13/h4-7,11,15H,8-9H2,1-3H3,(H,19,22)/t11-/m0/s1. The molecule has 1 aromatic carbocycles. The van der Waals surface area contributed by atoms with Crippen LogP contribution < -0.4 is 5.32 Å². The highest BCUT2D eigenvalue weighted by molar-refractivity contribution is 6.30. The molecule has 3 rings (SSSR count). The van der Waals surface area contributed by atoms with E-state index in [9.17, 15) is 4.79 Å². The zero-order valence-electron chi connectivity index (χ0n) is 13.5. The van der Waals surface area contributed by atoms with Crippen LogP contribution in [-0.4, -0.2) is 22.1 Å². The molecule has 0 spiro atoms. The average Bonchev–Trinajstić information content (AvgIpc) is 3.30. The average molecular weight is 334 g/mol. The molecule has 1 aliphatic carbocycles. The van der Waals surface area contributed by atoms with Crippen molar-refractivity contribution in [3.05, 3.63) is 46.3 Å². The minimum Gasteiger partial charge on any atom is -0.359 e. The van der Waals surface area contributed by atoms with Crippen LogP contribution in [0.25, 0.3) is 0 Å². The monoisotopic (exact) mass is 333 g/mol. The first kappa shape index (κ1) is 15.9. The van der Waals surface area contributed by atoms with Crippen LogP contribution in [0.3, 0.4) is 0 Å². The van der Waals surface area contributed by atoms with Gasteiger partial charge < -0.3 is 14.7 Å². The number of carbonyl (C=O) groups excluding carboxylic acids is 1. The highest BCUT2D eigenvalue weighted by Crippen LogP contribution is 2.35. The van der Waals surface area contributed by atoms with Gasteiger partial charge in [-0.3, -0.25) is 0 Å². The molecule has 2 amide bonds. The van der Waals surface area contributed by atoms with Gasteiger partial charge in [-0.1, -0.05) is 28.9 Å². The van der Waals surface area contributed by atoms with Crippen molar-refractivity contribution in [2.24, 2.45) is 0 Å². The molecule has 122 valence electrons. The fourth-order valence-corrected chi connectivity index (χ4v) is 2.87. The first-order valence-corrected chi connectivity index (χ1v) is 8.13. The van der Waals surface area contributed by atoms with Gasteiger partial charge in [-0.15, -0.1) is 0 Å². The summed E-state index contributed by atoms with van der Waals surface area (Å²) in [4.78, 5) is 14.7. The van der Waals surface area contributed by atoms with E-state index in [0.717, 1.165) is 18.4 Å². The Kier molecular flexibility index (Phi) is 4.31. The van der Waals surface area contributed by atoms with Crippen LogP contribution in [-0.2, 0) is 0 Å². The van der Waals surface area contributed by atoms with E-state index in [1.807, 2.05) is 43.0 Å². The van der Waals surface area contributed by atoms with Crippen LogP contribution in [0.4, 0.5) is 10.5 Å². The Labute approximate surface area is 140 Å². The van der Waals surface area contributed by atoms with Crippen molar-refractivity contribution in [3.63, 3.8) is 0 Å². The van der Waals surface area contributed by atoms with Gasteiger partial charge in [-0.25, -0.2) is 4.79 Å². The lowest BCUT2D eigenvalue weighted by molar-refractivity contribution is 0.189. The first-order chi connectivity index (χ1) is 11.0. The SMILES string of the molecule is Cc1noc(C)c1NC(=O)N(C1CC1)[C@@H](C)c1ccc(Cl)cc1. The number of amides is 2. The van der Waals surface area contributed by atoms with Gasteiger partial charge in [-0.05, 0) is 51.3 Å². The molecule has 1 aromatic heterocycles. The number of carbonyl (C=O) groups is 1. The third kappa shape index (κ3) is 3.34. The Hall–Kier alpha value is -2.01. The second-order valence-corrected chi connectivity index (χ2v) is 6.43. The Morgan fingerprint density at radius 2 is 2.00 bits per heavy atom. The third-order valence-corrected chi connectivity index (χ3v) is 4.46. The van der Waals surface area contributed by atoms with Crippen LogP contribution >= 0.6 is 11.6 Å². The molecule has 5 nitrogen and oxygen atoms in total. The maximum absolute atomic E-state index is 12.8. The van der Waals surface area contributed by atoms with Crippen molar-refractivity contribution in [3.8, 4) is 0 Å². The number of rotatable bonds is 4. The van der Waals surface area contributed by atoms with Crippen LogP contribution in [0.1, 0.15) is 42.8 Å². The molecule has 1 saturated carbocycles. The summed E-state index contributed by atoms with van der Waals surface area (Å²) in [6, 6.07) is 7.76. The normalized spacial score (nSPS) is 15.3. The number of halogens is 1. The molecule has 23 heavy (non-hydrogen) atoms. The molecule has 0 bridgehead atoms.